The van der Waals surface area contributed by atoms with Gasteiger partial charge in [-0.2, -0.15) is 0 Å². The summed E-state index contributed by atoms with van der Waals surface area (Å²) in [6.07, 6.45) is 4.85. The highest BCUT2D eigenvalue weighted by Gasteiger charge is 2.22. The third kappa shape index (κ3) is 1.30. The smallest absolute Gasteiger partial charge is 0.00261 e. The average Bonchev–Trinajstić information content (AvgIpc) is 2.21. The second-order valence-electron chi connectivity index (χ2n) is 3.82. The van der Waals surface area contributed by atoms with Crippen molar-refractivity contribution in [2.45, 2.75) is 11.5 Å². The molecular formula is C10H14S. The highest BCUT2D eigenvalue weighted by Crippen LogP contribution is 2.53. The van der Waals surface area contributed by atoms with Crippen LogP contribution in [0.1, 0.15) is 11.1 Å². The fraction of sp³-hybridized carbons (Fsp3) is 0.400. The van der Waals surface area contributed by atoms with Gasteiger partial charge in [-0.15, -0.1) is 0 Å². The van der Waals surface area contributed by atoms with E-state index in [0.717, 1.165) is 0 Å². The van der Waals surface area contributed by atoms with Crippen LogP contribution in [-0.4, -0.2) is 12.5 Å². The normalized spacial score (nSPS) is 22.7. The van der Waals surface area contributed by atoms with Gasteiger partial charge < -0.3 is 0 Å². The summed E-state index contributed by atoms with van der Waals surface area (Å²) < 4.78 is 0. The lowest BCUT2D eigenvalue weighted by atomic mass is 10.1. The van der Waals surface area contributed by atoms with E-state index in [9.17, 15) is 0 Å². The minimum absolute atomic E-state index is 0.305. The van der Waals surface area contributed by atoms with Gasteiger partial charge in [-0.3, -0.25) is 0 Å². The third-order valence-corrected chi connectivity index (χ3v) is 4.40. The summed E-state index contributed by atoms with van der Waals surface area (Å²) in [7, 11) is -0.305. The van der Waals surface area contributed by atoms with Crippen LogP contribution in [0, 0.1) is 0 Å². The van der Waals surface area contributed by atoms with Crippen LogP contribution in [0.15, 0.2) is 24.3 Å². The van der Waals surface area contributed by atoms with Crippen LogP contribution >= 0.6 is 10.0 Å². The zero-order chi connectivity index (χ0) is 7.90. The predicted molar refractivity (Wildman–Crippen MR) is 53.3 cm³/mol. The summed E-state index contributed by atoms with van der Waals surface area (Å²) in [4.78, 5) is 0. The average molecular weight is 166 g/mol. The molecule has 0 nitrogen and oxygen atoms in total. The molecule has 0 bridgehead atoms. The van der Waals surface area contributed by atoms with Crippen LogP contribution in [-0.2, 0) is 11.5 Å². The van der Waals surface area contributed by atoms with Gasteiger partial charge in [-0.05, 0) is 23.6 Å². The van der Waals surface area contributed by atoms with Gasteiger partial charge in [0.05, 0.1) is 0 Å². The molecule has 1 aliphatic rings. The Morgan fingerprint density at radius 2 is 1.45 bits per heavy atom. The first kappa shape index (κ1) is 7.23. The van der Waals surface area contributed by atoms with Gasteiger partial charge in [-0.25, -0.2) is 10.0 Å². The van der Waals surface area contributed by atoms with E-state index in [1.165, 1.54) is 11.5 Å². The van der Waals surface area contributed by atoms with E-state index in [-0.39, 0.29) is 10.0 Å². The largest absolute Gasteiger partial charge is 0.239 e. The van der Waals surface area contributed by atoms with Gasteiger partial charge in [0.1, 0.15) is 0 Å². The van der Waals surface area contributed by atoms with Crippen molar-refractivity contribution in [2.75, 3.05) is 12.5 Å². The molecule has 0 radical (unpaired) electrons. The number of hydrogen-bond donors (Lipinski definition) is 0. The number of fused-ring (bicyclic) bond motifs is 1. The van der Waals surface area contributed by atoms with Crippen molar-refractivity contribution < 1.29 is 0 Å². The maximum absolute atomic E-state index is 2.42. The maximum Gasteiger partial charge on any atom is 0.00261 e. The molecular weight excluding hydrogens is 152 g/mol. The van der Waals surface area contributed by atoms with Crippen molar-refractivity contribution in [3.8, 4) is 0 Å². The Morgan fingerprint density at radius 1 is 1.00 bits per heavy atom. The van der Waals surface area contributed by atoms with Crippen LogP contribution in [0.3, 0.4) is 0 Å². The molecule has 0 aliphatic carbocycles. The number of rotatable bonds is 0. The third-order valence-electron chi connectivity index (χ3n) is 2.21. The van der Waals surface area contributed by atoms with E-state index < -0.39 is 0 Å². The van der Waals surface area contributed by atoms with E-state index in [4.69, 9.17) is 0 Å². The first-order valence-corrected chi connectivity index (χ1v) is 6.72. The minimum Gasteiger partial charge on any atom is -0.239 e. The fourth-order valence-electron chi connectivity index (χ4n) is 1.73. The Hall–Kier alpha value is -0.430. The molecule has 0 fully saturated rings. The van der Waals surface area contributed by atoms with Gasteiger partial charge >= 0.3 is 0 Å². The van der Waals surface area contributed by atoms with Gasteiger partial charge in [-0.1, -0.05) is 24.3 Å². The molecule has 11 heavy (non-hydrogen) atoms. The maximum atomic E-state index is 2.42. The zero-order valence-electron chi connectivity index (χ0n) is 7.13. The topological polar surface area (TPSA) is 0 Å². The molecule has 0 spiro atoms. The van der Waals surface area contributed by atoms with E-state index in [0.29, 0.717) is 0 Å². The van der Waals surface area contributed by atoms with Gasteiger partial charge in [0.2, 0.25) is 0 Å². The van der Waals surface area contributed by atoms with Gasteiger partial charge in [0, 0.05) is 11.5 Å². The second kappa shape index (κ2) is 2.28. The van der Waals surface area contributed by atoms with Gasteiger partial charge in [0.25, 0.3) is 0 Å². The lowest BCUT2D eigenvalue weighted by Crippen LogP contribution is -1.90. The molecule has 1 aromatic carbocycles. The summed E-state index contributed by atoms with van der Waals surface area (Å²) >= 11 is 0. The molecule has 0 amide bonds. The molecule has 1 aromatic rings. The Morgan fingerprint density at radius 3 is 1.91 bits per heavy atom. The van der Waals surface area contributed by atoms with Crippen molar-refractivity contribution in [3.05, 3.63) is 35.4 Å². The van der Waals surface area contributed by atoms with Crippen molar-refractivity contribution >= 4 is 10.0 Å². The van der Waals surface area contributed by atoms with E-state index in [1.54, 1.807) is 11.1 Å². The van der Waals surface area contributed by atoms with Crippen LogP contribution in [0.4, 0.5) is 0 Å². The molecule has 1 heteroatoms. The van der Waals surface area contributed by atoms with Crippen LogP contribution in [0.25, 0.3) is 0 Å². The van der Waals surface area contributed by atoms with E-state index in [1.807, 2.05) is 0 Å². The van der Waals surface area contributed by atoms with Crippen molar-refractivity contribution in [1.29, 1.82) is 0 Å². The second-order valence-corrected chi connectivity index (χ2v) is 7.94. The SMILES string of the molecule is CS1(C)Cc2ccccc2C1. The van der Waals surface area contributed by atoms with Crippen molar-refractivity contribution in [3.63, 3.8) is 0 Å². The minimum atomic E-state index is -0.305. The molecule has 0 atom stereocenters. The summed E-state index contributed by atoms with van der Waals surface area (Å²) in [5, 5.41) is 0. The first-order chi connectivity index (χ1) is 5.17. The van der Waals surface area contributed by atoms with Crippen LogP contribution in [0.5, 0.6) is 0 Å². The molecule has 0 saturated carbocycles. The standard InChI is InChI=1S/C10H14S/c1-11(2)7-9-5-3-4-6-10(9)8-11/h3-6H,7-8H2,1-2H3. The summed E-state index contributed by atoms with van der Waals surface area (Å²) in [5.41, 5.74) is 3.18. The Kier molecular flexibility index (Phi) is 1.50. The molecule has 0 N–H and O–H groups in total. The lowest BCUT2D eigenvalue weighted by molar-refractivity contribution is 1.35. The first-order valence-electron chi connectivity index (χ1n) is 3.93. The predicted octanol–water partition coefficient (Wildman–Crippen LogP) is 2.76. The lowest BCUT2D eigenvalue weighted by Gasteiger charge is -2.23. The van der Waals surface area contributed by atoms with Crippen LogP contribution < -0.4 is 0 Å². The summed E-state index contributed by atoms with van der Waals surface area (Å²) in [5.74, 6) is 2.67. The zero-order valence-corrected chi connectivity index (χ0v) is 7.95. The Bertz CT molecular complexity index is 249. The molecule has 60 valence electrons. The molecule has 1 aliphatic heterocycles. The Labute approximate surface area is 69.9 Å². The Balaban J connectivity index is 2.41. The van der Waals surface area contributed by atoms with Gasteiger partial charge in [0.15, 0.2) is 0 Å². The number of benzene rings is 1. The molecule has 1 heterocycles. The molecule has 0 aromatic heterocycles. The molecule has 0 unspecified atom stereocenters. The van der Waals surface area contributed by atoms with E-state index in [2.05, 4.69) is 36.8 Å². The quantitative estimate of drug-likeness (QED) is 0.556. The van der Waals surface area contributed by atoms with Crippen molar-refractivity contribution in [1.82, 2.24) is 0 Å². The summed E-state index contributed by atoms with van der Waals surface area (Å²) in [6.45, 7) is 0. The highest BCUT2D eigenvalue weighted by atomic mass is 32.3. The highest BCUT2D eigenvalue weighted by molar-refractivity contribution is 8.31. The van der Waals surface area contributed by atoms with Crippen LogP contribution in [0.2, 0.25) is 0 Å². The van der Waals surface area contributed by atoms with Crippen molar-refractivity contribution in [2.24, 2.45) is 0 Å². The monoisotopic (exact) mass is 166 g/mol. The molecule has 2 rings (SSSR count). The molecule has 0 saturated heterocycles. The number of hydrogen-bond acceptors (Lipinski definition) is 0. The fourth-order valence-corrected chi connectivity index (χ4v) is 4.08. The van der Waals surface area contributed by atoms with E-state index >= 15 is 0 Å². The summed E-state index contributed by atoms with van der Waals surface area (Å²) in [6, 6.07) is 8.85.